The SMILES string of the molecule is C[Si](C)(C)N(/N=C1\C/C(=N\N(c2ccccc2)[Si](C)(C)C)CC(Cc2ccccc2)(Cc2ccccc2)C1)c1ccccc1. The summed E-state index contributed by atoms with van der Waals surface area (Å²) in [4.78, 5) is 0. The summed E-state index contributed by atoms with van der Waals surface area (Å²) in [6.45, 7) is 14.3. The van der Waals surface area contributed by atoms with Crippen LogP contribution in [0.1, 0.15) is 30.4 Å². The number of hydrogen-bond donors (Lipinski definition) is 0. The first-order valence-corrected chi connectivity index (χ1v) is 22.8. The third kappa shape index (κ3) is 8.24. The Morgan fingerprint density at radius 3 is 1.14 bits per heavy atom. The Bertz CT molecular complexity index is 1420. The monoisotopic (exact) mass is 616 g/mol. The van der Waals surface area contributed by atoms with Crippen LogP contribution >= 0.6 is 0 Å². The number of hydrogen-bond acceptors (Lipinski definition) is 4. The summed E-state index contributed by atoms with van der Waals surface area (Å²) in [6, 6.07) is 43.5. The van der Waals surface area contributed by atoms with E-state index in [-0.39, 0.29) is 5.41 Å². The number of nitrogens with zero attached hydrogens (tertiary/aromatic N) is 4. The van der Waals surface area contributed by atoms with E-state index in [1.165, 1.54) is 33.9 Å². The summed E-state index contributed by atoms with van der Waals surface area (Å²) in [7, 11) is -3.68. The summed E-state index contributed by atoms with van der Waals surface area (Å²) >= 11 is 0. The average molecular weight is 617 g/mol. The standard InChI is InChI=1S/C38H48N4Si2/c1-43(2,3)41(36-23-15-9-16-24-36)39-34-27-35(40-42(44(4,5)6)37-25-17-10-18-26-37)31-38(30-34,28-32-19-11-7-12-20-32)29-33-21-13-8-14-22-33/h7-26H,27-31H2,1-6H3/b39-34+,40-35+. The van der Waals surface area contributed by atoms with Gasteiger partial charge in [-0.15, -0.1) is 0 Å². The lowest BCUT2D eigenvalue weighted by Crippen LogP contribution is -2.46. The van der Waals surface area contributed by atoms with Crippen molar-refractivity contribution >= 4 is 39.3 Å². The van der Waals surface area contributed by atoms with Crippen molar-refractivity contribution < 1.29 is 0 Å². The highest BCUT2D eigenvalue weighted by molar-refractivity contribution is 6.80. The molecular formula is C38H48N4Si2. The van der Waals surface area contributed by atoms with Gasteiger partial charge in [-0.25, -0.2) is 0 Å². The minimum absolute atomic E-state index is 0.0395. The number of hydrazone groups is 2. The summed E-state index contributed by atoms with van der Waals surface area (Å²) in [5, 5.41) is 11.1. The molecule has 1 aliphatic carbocycles. The van der Waals surface area contributed by atoms with E-state index >= 15 is 0 Å². The molecule has 4 aromatic rings. The van der Waals surface area contributed by atoms with Gasteiger partial charge < -0.3 is 0 Å². The zero-order chi connectivity index (χ0) is 31.2. The molecule has 0 bridgehead atoms. The molecule has 0 N–H and O–H groups in total. The molecule has 0 unspecified atom stereocenters. The summed E-state index contributed by atoms with van der Waals surface area (Å²) < 4.78 is 4.71. The van der Waals surface area contributed by atoms with E-state index in [9.17, 15) is 0 Å². The fourth-order valence-corrected chi connectivity index (χ4v) is 9.14. The van der Waals surface area contributed by atoms with Crippen LogP contribution in [0.25, 0.3) is 0 Å². The molecule has 44 heavy (non-hydrogen) atoms. The van der Waals surface area contributed by atoms with Crippen LogP contribution < -0.4 is 9.35 Å². The number of rotatable bonds is 10. The number of benzene rings is 4. The summed E-state index contributed by atoms with van der Waals surface area (Å²) in [5.74, 6) is 0. The van der Waals surface area contributed by atoms with Crippen molar-refractivity contribution in [2.24, 2.45) is 15.6 Å². The summed E-state index contributed by atoms with van der Waals surface area (Å²) in [6.07, 6.45) is 4.66. The lowest BCUT2D eigenvalue weighted by Gasteiger charge is -2.42. The maximum Gasteiger partial charge on any atom is 0.176 e. The van der Waals surface area contributed by atoms with Gasteiger partial charge in [-0.05, 0) is 106 Å². The van der Waals surface area contributed by atoms with Crippen LogP contribution in [0.3, 0.4) is 0 Å². The van der Waals surface area contributed by atoms with E-state index in [4.69, 9.17) is 10.2 Å². The largest absolute Gasteiger partial charge is 0.295 e. The van der Waals surface area contributed by atoms with E-state index in [1.807, 2.05) is 0 Å². The molecular weight excluding hydrogens is 569 g/mol. The number of anilines is 2. The van der Waals surface area contributed by atoms with Crippen molar-refractivity contribution in [2.75, 3.05) is 9.35 Å². The lowest BCUT2D eigenvalue weighted by atomic mass is 9.66. The van der Waals surface area contributed by atoms with Gasteiger partial charge in [-0.1, -0.05) is 97.1 Å². The minimum Gasteiger partial charge on any atom is -0.295 e. The van der Waals surface area contributed by atoms with Crippen molar-refractivity contribution in [1.82, 2.24) is 0 Å². The van der Waals surface area contributed by atoms with Crippen molar-refractivity contribution in [3.05, 3.63) is 132 Å². The van der Waals surface area contributed by atoms with Crippen LogP contribution in [-0.4, -0.2) is 27.9 Å². The average Bonchev–Trinajstić information content (AvgIpc) is 2.99. The van der Waals surface area contributed by atoms with Gasteiger partial charge in [-0.3, -0.25) is 9.35 Å². The molecule has 0 atom stereocenters. The highest BCUT2D eigenvalue weighted by Gasteiger charge is 2.40. The first kappa shape index (κ1) is 31.7. The third-order valence-electron chi connectivity index (χ3n) is 8.17. The molecule has 1 aliphatic rings. The van der Waals surface area contributed by atoms with E-state index in [0.717, 1.165) is 32.1 Å². The Morgan fingerprint density at radius 2 is 0.818 bits per heavy atom. The molecule has 0 aromatic heterocycles. The van der Waals surface area contributed by atoms with Gasteiger partial charge in [0, 0.05) is 29.2 Å². The highest BCUT2D eigenvalue weighted by atomic mass is 28.3. The Kier molecular flexibility index (Phi) is 9.71. The Morgan fingerprint density at radius 1 is 0.500 bits per heavy atom. The maximum atomic E-state index is 5.57. The molecule has 0 saturated heterocycles. The fourth-order valence-electron chi connectivity index (χ4n) is 6.41. The van der Waals surface area contributed by atoms with E-state index in [0.29, 0.717) is 0 Å². The van der Waals surface area contributed by atoms with Crippen molar-refractivity contribution in [1.29, 1.82) is 0 Å². The molecule has 4 aromatic carbocycles. The highest BCUT2D eigenvalue weighted by Crippen LogP contribution is 2.41. The molecule has 0 heterocycles. The van der Waals surface area contributed by atoms with Gasteiger partial charge in [0.25, 0.3) is 0 Å². The second-order valence-corrected chi connectivity index (χ2v) is 23.9. The zero-order valence-electron chi connectivity index (χ0n) is 27.4. The Balaban J connectivity index is 1.66. The zero-order valence-corrected chi connectivity index (χ0v) is 29.4. The van der Waals surface area contributed by atoms with Crippen molar-refractivity contribution in [3.8, 4) is 0 Å². The molecule has 228 valence electrons. The van der Waals surface area contributed by atoms with Gasteiger partial charge in [-0.2, -0.15) is 10.2 Å². The molecule has 6 heteroatoms. The molecule has 0 radical (unpaired) electrons. The Hall–Kier alpha value is -3.75. The lowest BCUT2D eigenvalue weighted by molar-refractivity contribution is 0.298. The first-order chi connectivity index (χ1) is 21.0. The van der Waals surface area contributed by atoms with Gasteiger partial charge in [0.05, 0.1) is 0 Å². The molecule has 1 fully saturated rings. The van der Waals surface area contributed by atoms with E-state index < -0.39 is 16.5 Å². The van der Waals surface area contributed by atoms with Crippen LogP contribution in [-0.2, 0) is 12.8 Å². The maximum absolute atomic E-state index is 5.57. The topological polar surface area (TPSA) is 31.2 Å². The molecule has 0 spiro atoms. The number of para-hydroxylation sites is 2. The predicted molar refractivity (Wildman–Crippen MR) is 196 cm³/mol. The second kappa shape index (κ2) is 13.5. The quantitative estimate of drug-likeness (QED) is 0.131. The van der Waals surface area contributed by atoms with Gasteiger partial charge in [0.1, 0.15) is 0 Å². The summed E-state index contributed by atoms with van der Waals surface area (Å²) in [5.41, 5.74) is 7.52. The molecule has 0 aliphatic heterocycles. The van der Waals surface area contributed by atoms with Crippen LogP contribution in [0.2, 0.25) is 39.3 Å². The van der Waals surface area contributed by atoms with Gasteiger partial charge >= 0.3 is 0 Å². The third-order valence-corrected chi connectivity index (χ3v) is 11.4. The van der Waals surface area contributed by atoms with Crippen LogP contribution in [0.5, 0.6) is 0 Å². The van der Waals surface area contributed by atoms with Gasteiger partial charge in [0.2, 0.25) is 0 Å². The Labute approximate surface area is 267 Å². The molecule has 4 nitrogen and oxygen atoms in total. The predicted octanol–water partition coefficient (Wildman–Crippen LogP) is 10.0. The molecule has 5 rings (SSSR count). The van der Waals surface area contributed by atoms with Crippen LogP contribution in [0.4, 0.5) is 11.4 Å². The minimum atomic E-state index is -1.84. The van der Waals surface area contributed by atoms with E-state index in [1.54, 1.807) is 0 Å². The van der Waals surface area contributed by atoms with E-state index in [2.05, 4.69) is 170 Å². The van der Waals surface area contributed by atoms with Crippen LogP contribution in [0.15, 0.2) is 132 Å². The molecule has 0 amide bonds. The van der Waals surface area contributed by atoms with Gasteiger partial charge in [0.15, 0.2) is 16.5 Å². The first-order valence-electron chi connectivity index (χ1n) is 15.9. The van der Waals surface area contributed by atoms with Crippen molar-refractivity contribution in [2.45, 2.75) is 71.4 Å². The van der Waals surface area contributed by atoms with Crippen LogP contribution in [0, 0.1) is 5.41 Å². The van der Waals surface area contributed by atoms with Crippen molar-refractivity contribution in [3.63, 3.8) is 0 Å². The fraction of sp³-hybridized carbons (Fsp3) is 0.316. The molecule has 1 saturated carbocycles. The normalized spacial score (nSPS) is 17.0. The smallest absolute Gasteiger partial charge is 0.176 e. The second-order valence-electron chi connectivity index (χ2n) is 14.3.